The first-order valence-corrected chi connectivity index (χ1v) is 9.94. The minimum atomic E-state index is -0.555. The second-order valence-corrected chi connectivity index (χ2v) is 7.52. The number of carbonyl (C=O) groups excluding carboxylic acids is 3. The van der Waals surface area contributed by atoms with E-state index in [0.717, 1.165) is 10.5 Å². The quantitative estimate of drug-likeness (QED) is 0.461. The Balaban J connectivity index is 1.49. The Morgan fingerprint density at radius 1 is 1.13 bits per heavy atom. The van der Waals surface area contributed by atoms with E-state index in [1.165, 1.54) is 36.4 Å². The second kappa shape index (κ2) is 9.45. The van der Waals surface area contributed by atoms with Crippen LogP contribution >= 0.6 is 11.8 Å². The zero-order chi connectivity index (χ0) is 21.7. The van der Waals surface area contributed by atoms with Gasteiger partial charge >= 0.3 is 0 Å². The number of phenols is 2. The molecular formula is C21H19FN2O5S. The highest BCUT2D eigenvalue weighted by Gasteiger charge is 2.35. The summed E-state index contributed by atoms with van der Waals surface area (Å²) in [5.41, 5.74) is 0.941. The highest BCUT2D eigenvalue weighted by molar-refractivity contribution is 8.18. The van der Waals surface area contributed by atoms with Crippen LogP contribution in [0.4, 0.5) is 9.18 Å². The fraction of sp³-hybridized carbons (Fsp3) is 0.190. The van der Waals surface area contributed by atoms with E-state index in [1.54, 1.807) is 12.1 Å². The van der Waals surface area contributed by atoms with Gasteiger partial charge in [0.1, 0.15) is 5.82 Å². The van der Waals surface area contributed by atoms with Gasteiger partial charge < -0.3 is 15.5 Å². The van der Waals surface area contributed by atoms with Crippen LogP contribution in [0.1, 0.15) is 17.5 Å². The van der Waals surface area contributed by atoms with E-state index in [0.29, 0.717) is 18.2 Å². The molecule has 0 bridgehead atoms. The van der Waals surface area contributed by atoms with Gasteiger partial charge in [-0.15, -0.1) is 0 Å². The van der Waals surface area contributed by atoms with Crippen molar-refractivity contribution in [1.82, 2.24) is 10.2 Å². The van der Waals surface area contributed by atoms with Crippen molar-refractivity contribution in [2.45, 2.75) is 12.8 Å². The molecule has 0 aliphatic carbocycles. The molecule has 0 aromatic heterocycles. The molecule has 156 valence electrons. The number of amides is 3. The highest BCUT2D eigenvalue weighted by Crippen LogP contribution is 2.32. The van der Waals surface area contributed by atoms with Gasteiger partial charge in [0.05, 0.1) is 4.91 Å². The monoisotopic (exact) mass is 430 g/mol. The highest BCUT2D eigenvalue weighted by atomic mass is 32.2. The van der Waals surface area contributed by atoms with Gasteiger partial charge in [-0.1, -0.05) is 24.3 Å². The molecule has 30 heavy (non-hydrogen) atoms. The molecule has 3 rings (SSSR count). The maximum Gasteiger partial charge on any atom is 0.293 e. The maximum atomic E-state index is 13.8. The fourth-order valence-corrected chi connectivity index (χ4v) is 3.65. The number of hydrogen-bond donors (Lipinski definition) is 3. The summed E-state index contributed by atoms with van der Waals surface area (Å²) in [7, 11) is 0. The van der Waals surface area contributed by atoms with E-state index in [-0.39, 0.29) is 47.4 Å². The number of rotatable bonds is 7. The van der Waals surface area contributed by atoms with Gasteiger partial charge in [0, 0.05) is 25.1 Å². The summed E-state index contributed by atoms with van der Waals surface area (Å²) < 4.78 is 13.8. The van der Waals surface area contributed by atoms with Crippen LogP contribution in [0.25, 0.3) is 6.08 Å². The Hall–Kier alpha value is -3.33. The summed E-state index contributed by atoms with van der Waals surface area (Å²) in [6.07, 6.45) is 1.70. The van der Waals surface area contributed by atoms with E-state index in [2.05, 4.69) is 5.32 Å². The van der Waals surface area contributed by atoms with Crippen molar-refractivity contribution in [2.24, 2.45) is 0 Å². The number of hydrogen-bond acceptors (Lipinski definition) is 6. The van der Waals surface area contributed by atoms with E-state index in [9.17, 15) is 29.0 Å². The van der Waals surface area contributed by atoms with Crippen LogP contribution in [0.2, 0.25) is 0 Å². The minimum absolute atomic E-state index is 0.0636. The van der Waals surface area contributed by atoms with Crippen LogP contribution in [0, 0.1) is 5.82 Å². The molecule has 0 radical (unpaired) electrons. The molecule has 1 aliphatic heterocycles. The van der Waals surface area contributed by atoms with Crippen molar-refractivity contribution in [3.63, 3.8) is 0 Å². The number of phenolic OH excluding ortho intramolecular Hbond substituents is 2. The Kier molecular flexibility index (Phi) is 6.73. The Bertz CT molecular complexity index is 1020. The third kappa shape index (κ3) is 5.18. The molecule has 2 aromatic carbocycles. The average Bonchev–Trinajstić information content (AvgIpc) is 2.97. The lowest BCUT2D eigenvalue weighted by molar-refractivity contribution is -0.124. The summed E-state index contributed by atoms with van der Waals surface area (Å²) >= 11 is 0.711. The maximum absolute atomic E-state index is 13.8. The largest absolute Gasteiger partial charge is 0.504 e. The molecule has 0 unspecified atom stereocenters. The van der Waals surface area contributed by atoms with Gasteiger partial charge in [-0.25, -0.2) is 4.39 Å². The van der Waals surface area contributed by atoms with Crippen LogP contribution in [0.3, 0.4) is 0 Å². The number of thioether (sulfide) groups is 1. The minimum Gasteiger partial charge on any atom is -0.504 e. The lowest BCUT2D eigenvalue weighted by Gasteiger charge is -2.12. The van der Waals surface area contributed by atoms with Crippen LogP contribution in [-0.4, -0.2) is 45.3 Å². The van der Waals surface area contributed by atoms with Crippen molar-refractivity contribution in [3.8, 4) is 11.5 Å². The summed E-state index contributed by atoms with van der Waals surface area (Å²) in [5, 5.41) is 20.9. The SMILES string of the molecule is O=C(CCN1C(=O)SC(=Cc2ccccc2F)C1=O)NCCc1ccc(O)c(O)c1. The first-order valence-electron chi connectivity index (χ1n) is 9.12. The third-order valence-corrected chi connectivity index (χ3v) is 5.31. The van der Waals surface area contributed by atoms with Gasteiger partial charge in [-0.05, 0) is 48.0 Å². The predicted molar refractivity (Wildman–Crippen MR) is 110 cm³/mol. The van der Waals surface area contributed by atoms with Gasteiger partial charge in [0.15, 0.2) is 11.5 Å². The first kappa shape index (κ1) is 21.4. The number of carbonyl (C=O) groups is 3. The van der Waals surface area contributed by atoms with E-state index in [4.69, 9.17) is 0 Å². The fourth-order valence-electron chi connectivity index (χ4n) is 2.80. The van der Waals surface area contributed by atoms with Gasteiger partial charge in [0.2, 0.25) is 5.91 Å². The van der Waals surface area contributed by atoms with Crippen LogP contribution in [0.5, 0.6) is 11.5 Å². The molecule has 1 saturated heterocycles. The van der Waals surface area contributed by atoms with Gasteiger partial charge in [0.25, 0.3) is 11.1 Å². The standard InChI is InChI=1S/C21H19FN2O5S/c22-15-4-2-1-3-14(15)12-18-20(28)24(21(29)30-18)10-8-19(27)23-9-7-13-5-6-16(25)17(26)11-13/h1-6,11-12,25-26H,7-10H2,(H,23,27). The Labute approximate surface area is 176 Å². The summed E-state index contributed by atoms with van der Waals surface area (Å²) in [4.78, 5) is 37.6. The molecule has 1 heterocycles. The molecule has 3 N–H and O–H groups in total. The molecule has 0 spiro atoms. The molecule has 1 fully saturated rings. The number of benzene rings is 2. The molecule has 0 saturated carbocycles. The first-order chi connectivity index (χ1) is 14.3. The van der Waals surface area contributed by atoms with Crippen molar-refractivity contribution in [3.05, 3.63) is 64.3 Å². The Morgan fingerprint density at radius 2 is 1.90 bits per heavy atom. The van der Waals surface area contributed by atoms with Gasteiger partial charge in [-0.3, -0.25) is 19.3 Å². The smallest absolute Gasteiger partial charge is 0.293 e. The zero-order valence-electron chi connectivity index (χ0n) is 15.8. The lowest BCUT2D eigenvalue weighted by Crippen LogP contribution is -2.34. The number of nitrogens with one attached hydrogen (secondary N) is 1. The van der Waals surface area contributed by atoms with E-state index >= 15 is 0 Å². The molecule has 1 aliphatic rings. The topological polar surface area (TPSA) is 107 Å². The van der Waals surface area contributed by atoms with Crippen molar-refractivity contribution in [1.29, 1.82) is 0 Å². The van der Waals surface area contributed by atoms with E-state index < -0.39 is 17.0 Å². The number of aromatic hydroxyl groups is 2. The second-order valence-electron chi connectivity index (χ2n) is 6.53. The molecule has 7 nitrogen and oxygen atoms in total. The lowest BCUT2D eigenvalue weighted by atomic mass is 10.1. The third-order valence-electron chi connectivity index (χ3n) is 4.40. The summed E-state index contributed by atoms with van der Waals surface area (Å²) in [5.74, 6) is -1.84. The Morgan fingerprint density at radius 3 is 2.63 bits per heavy atom. The van der Waals surface area contributed by atoms with Crippen molar-refractivity contribution >= 4 is 34.9 Å². The van der Waals surface area contributed by atoms with Crippen LogP contribution in [-0.2, 0) is 16.0 Å². The summed E-state index contributed by atoms with van der Waals surface area (Å²) in [6.45, 7) is 0.212. The number of nitrogens with zero attached hydrogens (tertiary/aromatic N) is 1. The van der Waals surface area contributed by atoms with E-state index in [1.807, 2.05) is 0 Å². The normalized spacial score (nSPS) is 15.1. The average molecular weight is 430 g/mol. The van der Waals surface area contributed by atoms with Gasteiger partial charge in [-0.2, -0.15) is 0 Å². The molecule has 2 aromatic rings. The van der Waals surface area contributed by atoms with Crippen molar-refractivity contribution in [2.75, 3.05) is 13.1 Å². The predicted octanol–water partition coefficient (Wildman–Crippen LogP) is 3.02. The van der Waals surface area contributed by atoms with Crippen LogP contribution < -0.4 is 5.32 Å². The zero-order valence-corrected chi connectivity index (χ0v) is 16.6. The van der Waals surface area contributed by atoms with Crippen LogP contribution in [0.15, 0.2) is 47.4 Å². The summed E-state index contributed by atoms with van der Waals surface area (Å²) in [6, 6.07) is 10.3. The number of imide groups is 1. The molecule has 3 amide bonds. The van der Waals surface area contributed by atoms with Crippen molar-refractivity contribution < 1.29 is 29.0 Å². The molecular weight excluding hydrogens is 411 g/mol. The molecule has 0 atom stereocenters. The number of halogens is 1. The molecule has 9 heteroatoms.